The highest BCUT2D eigenvalue weighted by atomic mass is 28.4. The minimum Gasteiger partial charge on any atom is -0.488 e. The van der Waals surface area contributed by atoms with E-state index in [1.54, 1.807) is 7.11 Å². The summed E-state index contributed by atoms with van der Waals surface area (Å²) in [5, 5.41) is 0.0935. The molecule has 0 amide bonds. The van der Waals surface area contributed by atoms with Crippen LogP contribution in [0.15, 0.2) is 48.5 Å². The van der Waals surface area contributed by atoms with E-state index in [0.717, 1.165) is 22.4 Å². The maximum Gasteiger partial charge on any atom is 0.219 e. The summed E-state index contributed by atoms with van der Waals surface area (Å²) in [4.78, 5) is 0. The van der Waals surface area contributed by atoms with Crippen molar-refractivity contribution in [3.05, 3.63) is 65.2 Å². The fourth-order valence-electron chi connectivity index (χ4n) is 3.75. The summed E-state index contributed by atoms with van der Waals surface area (Å²) in [6.45, 7) is 23.2. The van der Waals surface area contributed by atoms with E-state index < -0.39 is 22.4 Å². The zero-order chi connectivity index (χ0) is 25.6. The monoisotopic (exact) mass is 500 g/mol. The van der Waals surface area contributed by atoms with Gasteiger partial charge in [-0.3, -0.25) is 0 Å². The molecular formula is C28H44O4Si2. The van der Waals surface area contributed by atoms with Gasteiger partial charge in [0, 0.05) is 7.11 Å². The van der Waals surface area contributed by atoms with Gasteiger partial charge in [0.1, 0.15) is 18.5 Å². The van der Waals surface area contributed by atoms with Crippen LogP contribution in [0.2, 0.25) is 36.3 Å². The van der Waals surface area contributed by atoms with Crippen LogP contribution >= 0.6 is 0 Å². The molecule has 0 heterocycles. The van der Waals surface area contributed by atoms with Crippen LogP contribution in [0.5, 0.6) is 5.75 Å². The summed E-state index contributed by atoms with van der Waals surface area (Å²) in [7, 11) is -2.58. The molecule has 0 saturated heterocycles. The molecule has 4 nitrogen and oxygen atoms in total. The normalized spacial score (nSPS) is 21.1. The van der Waals surface area contributed by atoms with Gasteiger partial charge < -0.3 is 18.3 Å². The number of hydrogen-bond acceptors (Lipinski definition) is 4. The Hall–Kier alpha value is -1.45. The standard InChI is InChI=1S/C28H44O4Si2/c1-26(2,3)33(8,9)31-25-22-18-15-19-23(30-20-21-16-13-12-14-17-21)24(22)28(25,29-7)32-34(10,11)27(4,5)6/h12-19,25H,20H2,1-11H3/t25-,28-/m0/s1. The molecule has 0 bridgehead atoms. The maximum absolute atomic E-state index is 7.10. The van der Waals surface area contributed by atoms with Gasteiger partial charge in [-0.1, -0.05) is 84.0 Å². The van der Waals surface area contributed by atoms with Gasteiger partial charge in [0.25, 0.3) is 0 Å². The molecule has 2 atom stereocenters. The summed E-state index contributed by atoms with van der Waals surface area (Å²) in [5.74, 6) is -0.182. The van der Waals surface area contributed by atoms with Crippen LogP contribution < -0.4 is 4.74 Å². The fourth-order valence-corrected chi connectivity index (χ4v) is 6.33. The lowest BCUT2D eigenvalue weighted by atomic mass is 9.78. The van der Waals surface area contributed by atoms with E-state index in [1.807, 2.05) is 30.3 Å². The number of rotatable bonds is 8. The van der Waals surface area contributed by atoms with Gasteiger partial charge in [0.2, 0.25) is 5.79 Å². The smallest absolute Gasteiger partial charge is 0.219 e. The third-order valence-corrected chi connectivity index (χ3v) is 16.9. The quantitative estimate of drug-likeness (QED) is 0.270. The Kier molecular flexibility index (Phi) is 7.35. The van der Waals surface area contributed by atoms with Crippen molar-refractivity contribution in [2.45, 2.75) is 96.3 Å². The summed E-state index contributed by atoms with van der Waals surface area (Å²) >= 11 is 0. The SMILES string of the molecule is CO[C@]1(O[Si](C)(C)C(C)(C)C)c2c(OCc3ccccc3)cccc2[C@@H]1O[Si](C)(C)C(C)(C)C. The zero-order valence-electron chi connectivity index (χ0n) is 23.0. The molecule has 0 radical (unpaired) electrons. The van der Waals surface area contributed by atoms with E-state index in [4.69, 9.17) is 18.3 Å². The molecule has 1 aliphatic rings. The molecule has 3 rings (SSSR count). The average molecular weight is 501 g/mol. The molecule has 0 aromatic heterocycles. The van der Waals surface area contributed by atoms with E-state index in [2.05, 4.69) is 85.9 Å². The molecule has 1 aliphatic carbocycles. The van der Waals surface area contributed by atoms with Crippen LogP contribution in [0.3, 0.4) is 0 Å². The molecule has 6 heteroatoms. The first-order valence-electron chi connectivity index (χ1n) is 12.3. The predicted octanol–water partition coefficient (Wildman–Crippen LogP) is 8.16. The number of fused-ring (bicyclic) bond motifs is 1. The van der Waals surface area contributed by atoms with E-state index >= 15 is 0 Å². The van der Waals surface area contributed by atoms with E-state index in [0.29, 0.717) is 6.61 Å². The van der Waals surface area contributed by atoms with Gasteiger partial charge in [-0.05, 0) is 53.5 Å². The molecule has 0 spiro atoms. The number of methoxy groups -OCH3 is 1. The third kappa shape index (κ3) is 4.93. The van der Waals surface area contributed by atoms with Gasteiger partial charge in [-0.2, -0.15) is 0 Å². The first-order valence-corrected chi connectivity index (χ1v) is 18.1. The van der Waals surface area contributed by atoms with Crippen LogP contribution in [0, 0.1) is 0 Å². The van der Waals surface area contributed by atoms with Crippen molar-refractivity contribution in [2.24, 2.45) is 0 Å². The van der Waals surface area contributed by atoms with E-state index in [-0.39, 0.29) is 16.2 Å². The second-order valence-corrected chi connectivity index (χ2v) is 22.0. The molecule has 188 valence electrons. The molecule has 34 heavy (non-hydrogen) atoms. The van der Waals surface area contributed by atoms with Crippen molar-refractivity contribution in [2.75, 3.05) is 7.11 Å². The predicted molar refractivity (Wildman–Crippen MR) is 145 cm³/mol. The molecule has 0 N–H and O–H groups in total. The Morgan fingerprint density at radius 2 is 1.38 bits per heavy atom. The summed E-state index contributed by atoms with van der Waals surface area (Å²) in [5.41, 5.74) is 3.21. The van der Waals surface area contributed by atoms with Gasteiger partial charge in [0.15, 0.2) is 16.6 Å². The van der Waals surface area contributed by atoms with E-state index in [1.165, 1.54) is 0 Å². The van der Waals surface area contributed by atoms with Crippen molar-refractivity contribution >= 4 is 16.6 Å². The Morgan fingerprint density at radius 3 is 1.91 bits per heavy atom. The van der Waals surface area contributed by atoms with Crippen LogP contribution in [-0.2, 0) is 26.0 Å². The molecule has 2 aromatic carbocycles. The molecule has 0 unspecified atom stereocenters. The number of hydrogen-bond donors (Lipinski definition) is 0. The van der Waals surface area contributed by atoms with Crippen molar-refractivity contribution in [1.29, 1.82) is 0 Å². The third-order valence-electron chi connectivity index (χ3n) is 8.01. The van der Waals surface area contributed by atoms with Crippen LogP contribution in [0.1, 0.15) is 64.3 Å². The Bertz CT molecular complexity index is 990. The van der Waals surface area contributed by atoms with Crippen molar-refractivity contribution in [1.82, 2.24) is 0 Å². The molecule has 0 aliphatic heterocycles. The maximum atomic E-state index is 7.10. The van der Waals surface area contributed by atoms with Crippen LogP contribution in [0.25, 0.3) is 0 Å². The van der Waals surface area contributed by atoms with Crippen molar-refractivity contribution in [3.8, 4) is 5.75 Å². The van der Waals surface area contributed by atoms with E-state index in [9.17, 15) is 0 Å². The lowest BCUT2D eigenvalue weighted by Gasteiger charge is -2.56. The minimum atomic E-state index is -2.22. The van der Waals surface area contributed by atoms with Crippen molar-refractivity contribution < 1.29 is 18.3 Å². The highest BCUT2D eigenvalue weighted by Crippen LogP contribution is 2.61. The minimum absolute atomic E-state index is 0.0235. The topological polar surface area (TPSA) is 36.9 Å². The number of benzene rings is 2. The summed E-state index contributed by atoms with van der Waals surface area (Å²) in [6, 6.07) is 16.4. The van der Waals surface area contributed by atoms with Gasteiger partial charge in [0.05, 0.1) is 5.56 Å². The lowest BCUT2D eigenvalue weighted by molar-refractivity contribution is -0.262. The first kappa shape index (κ1) is 27.1. The lowest BCUT2D eigenvalue weighted by Crippen LogP contribution is -2.59. The highest BCUT2D eigenvalue weighted by molar-refractivity contribution is 6.74. The van der Waals surface area contributed by atoms with Gasteiger partial charge in [-0.25, -0.2) is 0 Å². The highest BCUT2D eigenvalue weighted by Gasteiger charge is 2.62. The zero-order valence-corrected chi connectivity index (χ0v) is 25.0. The van der Waals surface area contributed by atoms with Gasteiger partial charge >= 0.3 is 0 Å². The molecule has 0 saturated carbocycles. The van der Waals surface area contributed by atoms with Crippen LogP contribution in [-0.4, -0.2) is 23.7 Å². The second kappa shape index (κ2) is 9.21. The largest absolute Gasteiger partial charge is 0.488 e. The fraction of sp³-hybridized carbons (Fsp3) is 0.571. The Balaban J connectivity index is 2.08. The Morgan fingerprint density at radius 1 is 0.794 bits per heavy atom. The first-order chi connectivity index (χ1) is 15.6. The van der Waals surface area contributed by atoms with Gasteiger partial charge in [-0.15, -0.1) is 0 Å². The Labute approximate surface area is 209 Å². The summed E-state index contributed by atoms with van der Waals surface area (Å²) < 4.78 is 26.8. The molecule has 0 fully saturated rings. The second-order valence-electron chi connectivity index (χ2n) is 12.5. The average Bonchev–Trinajstić information content (AvgIpc) is 2.73. The summed E-state index contributed by atoms with van der Waals surface area (Å²) in [6.07, 6.45) is -0.289. The van der Waals surface area contributed by atoms with Crippen molar-refractivity contribution in [3.63, 3.8) is 0 Å². The van der Waals surface area contributed by atoms with Crippen LogP contribution in [0.4, 0.5) is 0 Å². The molecular weight excluding hydrogens is 456 g/mol. The number of ether oxygens (including phenoxy) is 2. The molecule has 2 aromatic rings.